The summed E-state index contributed by atoms with van der Waals surface area (Å²) in [4.78, 5) is 18.9. The molecule has 3 rings (SSSR count). The van der Waals surface area contributed by atoms with Crippen molar-refractivity contribution in [1.82, 2.24) is 4.73 Å². The van der Waals surface area contributed by atoms with Crippen LogP contribution in [0.4, 0.5) is 0 Å². The highest BCUT2D eigenvalue weighted by Gasteiger charge is 2.34. The smallest absolute Gasteiger partial charge is 0.335 e. The van der Waals surface area contributed by atoms with E-state index in [1.807, 2.05) is 42.5 Å². The lowest BCUT2D eigenvalue weighted by Gasteiger charge is -2.28. The summed E-state index contributed by atoms with van der Waals surface area (Å²) in [6, 6.07) is 25.5. The third-order valence-electron chi connectivity index (χ3n) is 4.98. The molecule has 1 heterocycles. The fraction of sp³-hybridized carbons (Fsp3) is 0.217. The van der Waals surface area contributed by atoms with Crippen LogP contribution in [0.3, 0.4) is 0 Å². The molecule has 0 bridgehead atoms. The Morgan fingerprint density at radius 1 is 0.815 bits per heavy atom. The zero-order valence-corrected chi connectivity index (χ0v) is 16.3. The normalized spacial score (nSPS) is 13.1. The molecule has 27 heavy (non-hydrogen) atoms. The first-order valence-corrected chi connectivity index (χ1v) is 9.48. The predicted molar refractivity (Wildman–Crippen MR) is 110 cm³/mol. The topological polar surface area (TPSA) is 31.2 Å². The fourth-order valence-electron chi connectivity index (χ4n) is 3.41. The van der Waals surface area contributed by atoms with Gasteiger partial charge in [-0.3, -0.25) is 0 Å². The molecule has 0 spiro atoms. The molecule has 0 aliphatic rings. The van der Waals surface area contributed by atoms with Gasteiger partial charge in [0.2, 0.25) is 0 Å². The zero-order valence-electron chi connectivity index (χ0n) is 15.5. The van der Waals surface area contributed by atoms with Crippen molar-refractivity contribution in [1.29, 1.82) is 0 Å². The van der Waals surface area contributed by atoms with E-state index in [0.29, 0.717) is 4.64 Å². The Morgan fingerprint density at radius 3 is 1.78 bits per heavy atom. The summed E-state index contributed by atoms with van der Waals surface area (Å²) in [6.45, 7) is 4.15. The lowest BCUT2D eigenvalue weighted by atomic mass is 9.77. The molecule has 0 amide bonds. The van der Waals surface area contributed by atoms with E-state index in [1.54, 1.807) is 18.3 Å². The maximum Gasteiger partial charge on any atom is 0.337 e. The third-order valence-corrected chi connectivity index (χ3v) is 5.29. The fourth-order valence-corrected chi connectivity index (χ4v) is 3.59. The Hall–Kier alpha value is -2.72. The molecule has 0 aliphatic heterocycles. The predicted octanol–water partition coefficient (Wildman–Crippen LogP) is 5.40. The minimum atomic E-state index is -0.350. The van der Waals surface area contributed by atoms with Gasteiger partial charge < -0.3 is 4.84 Å². The molecule has 4 heteroatoms. The van der Waals surface area contributed by atoms with Gasteiger partial charge in [0.1, 0.15) is 4.64 Å². The van der Waals surface area contributed by atoms with Crippen molar-refractivity contribution in [2.75, 3.05) is 0 Å². The SMILES string of the molecule is C[C@H](c1ccccc1)C(C(=O)On1ccccc1=S)[C@H](C)c1ccccc1. The third kappa shape index (κ3) is 4.52. The average molecular weight is 378 g/mol. The summed E-state index contributed by atoms with van der Waals surface area (Å²) < 4.78 is 1.82. The number of nitrogens with zero attached hydrogens (tertiary/aromatic N) is 1. The van der Waals surface area contributed by atoms with Gasteiger partial charge in [0, 0.05) is 6.20 Å². The van der Waals surface area contributed by atoms with Gasteiger partial charge in [-0.1, -0.05) is 92.8 Å². The van der Waals surface area contributed by atoms with E-state index in [9.17, 15) is 4.79 Å². The van der Waals surface area contributed by atoms with Gasteiger partial charge in [-0.15, -0.1) is 0 Å². The summed E-state index contributed by atoms with van der Waals surface area (Å²) in [5.41, 5.74) is 2.22. The molecule has 138 valence electrons. The first kappa shape index (κ1) is 19.1. The second kappa shape index (κ2) is 8.78. The summed E-state index contributed by atoms with van der Waals surface area (Å²) in [6.07, 6.45) is 1.66. The molecule has 2 aromatic carbocycles. The molecular weight excluding hydrogens is 354 g/mol. The van der Waals surface area contributed by atoms with Crippen LogP contribution in [0.15, 0.2) is 85.1 Å². The van der Waals surface area contributed by atoms with Crippen LogP contribution in [0.25, 0.3) is 0 Å². The number of hydrogen-bond donors (Lipinski definition) is 0. The van der Waals surface area contributed by atoms with Crippen LogP contribution in [0, 0.1) is 10.6 Å². The molecule has 2 atom stereocenters. The van der Waals surface area contributed by atoms with Gasteiger partial charge in [0.15, 0.2) is 0 Å². The molecule has 0 aliphatic carbocycles. The van der Waals surface area contributed by atoms with E-state index in [0.717, 1.165) is 11.1 Å². The van der Waals surface area contributed by atoms with E-state index >= 15 is 0 Å². The van der Waals surface area contributed by atoms with E-state index in [1.165, 1.54) is 4.73 Å². The highest BCUT2D eigenvalue weighted by molar-refractivity contribution is 7.71. The number of carbonyl (C=O) groups is 1. The summed E-state index contributed by atoms with van der Waals surface area (Å²) in [5.74, 6) is -0.652. The molecule has 3 nitrogen and oxygen atoms in total. The molecule has 0 unspecified atom stereocenters. The number of hydrogen-bond acceptors (Lipinski definition) is 3. The molecule has 0 N–H and O–H groups in total. The Balaban J connectivity index is 1.95. The van der Waals surface area contributed by atoms with E-state index in [4.69, 9.17) is 17.1 Å². The number of pyridine rings is 1. The van der Waals surface area contributed by atoms with Crippen molar-refractivity contribution in [2.45, 2.75) is 25.7 Å². The Bertz CT molecular complexity index is 892. The lowest BCUT2D eigenvalue weighted by molar-refractivity contribution is -0.150. The molecule has 0 saturated carbocycles. The first-order valence-electron chi connectivity index (χ1n) is 9.07. The summed E-state index contributed by atoms with van der Waals surface area (Å²) in [5, 5.41) is 0. The Morgan fingerprint density at radius 2 is 1.30 bits per heavy atom. The van der Waals surface area contributed by atoms with Gasteiger partial charge in [0.25, 0.3) is 0 Å². The van der Waals surface area contributed by atoms with Crippen LogP contribution in [0.2, 0.25) is 0 Å². The second-order valence-electron chi connectivity index (χ2n) is 6.70. The largest absolute Gasteiger partial charge is 0.337 e. The number of benzene rings is 2. The monoisotopic (exact) mass is 377 g/mol. The zero-order chi connectivity index (χ0) is 19.2. The first-order chi connectivity index (χ1) is 13.1. The molecule has 0 saturated heterocycles. The van der Waals surface area contributed by atoms with E-state index < -0.39 is 0 Å². The van der Waals surface area contributed by atoms with Crippen molar-refractivity contribution >= 4 is 18.2 Å². The van der Waals surface area contributed by atoms with Crippen molar-refractivity contribution < 1.29 is 9.63 Å². The van der Waals surface area contributed by atoms with Crippen LogP contribution in [0.5, 0.6) is 0 Å². The number of aromatic nitrogens is 1. The van der Waals surface area contributed by atoms with Gasteiger partial charge in [-0.05, 0) is 35.1 Å². The summed E-state index contributed by atoms with van der Waals surface area (Å²) >= 11 is 5.26. The van der Waals surface area contributed by atoms with Crippen LogP contribution in [0.1, 0.15) is 36.8 Å². The van der Waals surface area contributed by atoms with Crippen LogP contribution >= 0.6 is 12.2 Å². The molecule has 0 fully saturated rings. The summed E-state index contributed by atoms with van der Waals surface area (Å²) in [7, 11) is 0. The number of carbonyl (C=O) groups excluding carboxylic acids is 1. The maximum atomic E-state index is 13.2. The minimum Gasteiger partial charge on any atom is -0.335 e. The molecule has 3 aromatic rings. The van der Waals surface area contributed by atoms with Crippen LogP contribution < -0.4 is 4.84 Å². The average Bonchev–Trinajstić information content (AvgIpc) is 2.71. The lowest BCUT2D eigenvalue weighted by Crippen LogP contribution is -2.34. The van der Waals surface area contributed by atoms with Crippen molar-refractivity contribution in [3.05, 3.63) is 101 Å². The Labute approximate surface area is 165 Å². The van der Waals surface area contributed by atoms with Crippen LogP contribution in [-0.2, 0) is 4.79 Å². The van der Waals surface area contributed by atoms with Gasteiger partial charge in [-0.25, -0.2) is 4.79 Å². The van der Waals surface area contributed by atoms with Crippen LogP contribution in [-0.4, -0.2) is 10.7 Å². The minimum absolute atomic E-state index is 0.00760. The van der Waals surface area contributed by atoms with E-state index in [-0.39, 0.29) is 23.7 Å². The highest BCUT2D eigenvalue weighted by Crippen LogP contribution is 2.36. The van der Waals surface area contributed by atoms with Crippen molar-refractivity contribution in [3.63, 3.8) is 0 Å². The van der Waals surface area contributed by atoms with Gasteiger partial charge in [-0.2, -0.15) is 4.73 Å². The van der Waals surface area contributed by atoms with Crippen molar-refractivity contribution in [3.8, 4) is 0 Å². The van der Waals surface area contributed by atoms with E-state index in [2.05, 4.69) is 38.1 Å². The maximum absolute atomic E-state index is 13.2. The second-order valence-corrected chi connectivity index (χ2v) is 7.12. The standard InChI is InChI=1S/C23H23NO2S/c1-17(19-11-5-3-6-12-19)22(18(2)20-13-7-4-8-14-20)23(25)26-24-16-10-9-15-21(24)27/h3-18,22H,1-2H3/t17-,18-/m1/s1. The highest BCUT2D eigenvalue weighted by atomic mass is 32.1. The number of rotatable bonds is 6. The van der Waals surface area contributed by atoms with Gasteiger partial charge in [0.05, 0.1) is 5.92 Å². The Kier molecular flexibility index (Phi) is 6.20. The molecule has 0 radical (unpaired) electrons. The van der Waals surface area contributed by atoms with Gasteiger partial charge >= 0.3 is 5.97 Å². The van der Waals surface area contributed by atoms with Crippen molar-refractivity contribution in [2.24, 2.45) is 5.92 Å². The molecular formula is C23H23NO2S. The quantitative estimate of drug-likeness (QED) is 0.539. The molecule has 1 aromatic heterocycles.